The Morgan fingerprint density at radius 3 is 2.67 bits per heavy atom. The van der Waals surface area contributed by atoms with Gasteiger partial charge in [0.15, 0.2) is 4.34 Å². The summed E-state index contributed by atoms with van der Waals surface area (Å²) in [4.78, 5) is 11.8. The predicted octanol–water partition coefficient (Wildman–Crippen LogP) is 3.91. The number of carbonyl (C=O) groups is 1. The number of amides is 1. The van der Waals surface area contributed by atoms with E-state index in [0.717, 1.165) is 16.8 Å². The van der Waals surface area contributed by atoms with Gasteiger partial charge in [0.25, 0.3) is 0 Å². The van der Waals surface area contributed by atoms with Gasteiger partial charge in [-0.05, 0) is 30.2 Å². The van der Waals surface area contributed by atoms with Gasteiger partial charge in [-0.15, -0.1) is 10.2 Å². The monoisotopic (exact) mass is 356 g/mol. The Balaban J connectivity index is 1.74. The van der Waals surface area contributed by atoms with Crippen molar-refractivity contribution in [2.75, 3.05) is 5.32 Å². The quantitative estimate of drug-likeness (QED) is 0.655. The molecule has 3 aromatic rings. The normalized spacial score (nSPS) is 11.9. The van der Waals surface area contributed by atoms with Gasteiger partial charge >= 0.3 is 0 Å². The number of nitrogens with one attached hydrogen (secondary N) is 1. The van der Waals surface area contributed by atoms with E-state index in [9.17, 15) is 4.79 Å². The number of rotatable bonds is 6. The minimum absolute atomic E-state index is 0.394. The van der Waals surface area contributed by atoms with E-state index in [2.05, 4.69) is 15.5 Å². The third kappa shape index (κ3) is 4.12. The zero-order valence-electron chi connectivity index (χ0n) is 13.0. The molecule has 2 aromatic carbocycles. The Morgan fingerprint density at radius 1 is 1.17 bits per heavy atom. The first-order valence-electron chi connectivity index (χ1n) is 7.30. The highest BCUT2D eigenvalue weighted by atomic mass is 32.2. The molecule has 0 saturated heterocycles. The number of benzene rings is 2. The molecule has 1 aromatic heterocycles. The highest BCUT2D eigenvalue weighted by molar-refractivity contribution is 8.01. The van der Waals surface area contributed by atoms with Gasteiger partial charge in [-0.1, -0.05) is 65.6 Å². The Hall–Kier alpha value is -2.38. The molecule has 3 rings (SSSR count). The molecule has 7 heteroatoms. The van der Waals surface area contributed by atoms with Crippen LogP contribution < -0.4 is 11.1 Å². The van der Waals surface area contributed by atoms with Crippen molar-refractivity contribution < 1.29 is 4.79 Å². The molecule has 0 saturated carbocycles. The lowest BCUT2D eigenvalue weighted by molar-refractivity contribution is -0.117. The van der Waals surface area contributed by atoms with Crippen LogP contribution in [0.4, 0.5) is 10.8 Å². The molecular formula is C17H16N4OS2. The number of aromatic nitrogens is 2. The summed E-state index contributed by atoms with van der Waals surface area (Å²) in [5.74, 6) is -0.394. The maximum atomic E-state index is 11.8. The van der Waals surface area contributed by atoms with Crippen molar-refractivity contribution >= 4 is 39.8 Å². The summed E-state index contributed by atoms with van der Waals surface area (Å²) in [6, 6.07) is 17.5. The van der Waals surface area contributed by atoms with E-state index < -0.39 is 11.2 Å². The molecule has 1 atom stereocenters. The van der Waals surface area contributed by atoms with Crippen LogP contribution in [0.15, 0.2) is 58.9 Å². The molecule has 24 heavy (non-hydrogen) atoms. The van der Waals surface area contributed by atoms with Crippen molar-refractivity contribution in [1.29, 1.82) is 0 Å². The van der Waals surface area contributed by atoms with Crippen molar-refractivity contribution in [3.8, 4) is 0 Å². The summed E-state index contributed by atoms with van der Waals surface area (Å²) in [6.45, 7) is 2.03. The summed E-state index contributed by atoms with van der Waals surface area (Å²) in [7, 11) is 0. The number of carbonyl (C=O) groups excluding carboxylic acids is 1. The van der Waals surface area contributed by atoms with Crippen LogP contribution in [0.3, 0.4) is 0 Å². The lowest BCUT2D eigenvalue weighted by Crippen LogP contribution is -2.18. The highest BCUT2D eigenvalue weighted by Crippen LogP contribution is 2.38. The van der Waals surface area contributed by atoms with Gasteiger partial charge < -0.3 is 11.1 Å². The second kappa shape index (κ2) is 7.46. The average molecular weight is 356 g/mol. The van der Waals surface area contributed by atoms with E-state index in [0.29, 0.717) is 9.47 Å². The van der Waals surface area contributed by atoms with Crippen LogP contribution in [0.5, 0.6) is 0 Å². The predicted molar refractivity (Wildman–Crippen MR) is 98.6 cm³/mol. The molecule has 3 N–H and O–H groups in total. The molecule has 1 unspecified atom stereocenters. The fourth-order valence-corrected chi connectivity index (χ4v) is 4.09. The van der Waals surface area contributed by atoms with Crippen molar-refractivity contribution in [2.24, 2.45) is 5.73 Å². The second-order valence-corrected chi connectivity index (χ2v) is 7.51. The minimum Gasteiger partial charge on any atom is -0.368 e. The SMILES string of the molecule is Cc1cccc(Nc2nnc(SC(C(N)=O)c3ccccc3)s2)c1. The summed E-state index contributed by atoms with van der Waals surface area (Å²) in [5, 5.41) is 11.7. The third-order valence-electron chi connectivity index (χ3n) is 3.26. The van der Waals surface area contributed by atoms with Gasteiger partial charge in [-0.2, -0.15) is 0 Å². The summed E-state index contributed by atoms with van der Waals surface area (Å²) < 4.78 is 0.692. The number of nitrogens with zero attached hydrogens (tertiary/aromatic N) is 2. The number of hydrogen-bond donors (Lipinski definition) is 2. The third-order valence-corrected chi connectivity index (χ3v) is 5.45. The summed E-state index contributed by atoms with van der Waals surface area (Å²) in [5.41, 5.74) is 8.52. The molecule has 122 valence electrons. The molecule has 0 aliphatic heterocycles. The molecule has 0 aliphatic carbocycles. The lowest BCUT2D eigenvalue weighted by atomic mass is 10.1. The minimum atomic E-state index is -0.481. The highest BCUT2D eigenvalue weighted by Gasteiger charge is 2.21. The van der Waals surface area contributed by atoms with Gasteiger partial charge in [0.1, 0.15) is 5.25 Å². The Morgan fingerprint density at radius 2 is 1.96 bits per heavy atom. The molecule has 1 heterocycles. The number of primary amides is 1. The zero-order valence-corrected chi connectivity index (χ0v) is 14.6. The molecule has 5 nitrogen and oxygen atoms in total. The van der Waals surface area contributed by atoms with Gasteiger partial charge in [0, 0.05) is 5.69 Å². The molecule has 1 amide bonds. The van der Waals surface area contributed by atoms with Crippen LogP contribution in [0, 0.1) is 6.92 Å². The lowest BCUT2D eigenvalue weighted by Gasteiger charge is -2.10. The van der Waals surface area contributed by atoms with Gasteiger partial charge in [-0.25, -0.2) is 0 Å². The fourth-order valence-electron chi connectivity index (χ4n) is 2.17. The van der Waals surface area contributed by atoms with Crippen molar-refractivity contribution in [3.63, 3.8) is 0 Å². The smallest absolute Gasteiger partial charge is 0.235 e. The van der Waals surface area contributed by atoms with Crippen LogP contribution in [-0.2, 0) is 4.79 Å². The second-order valence-electron chi connectivity index (χ2n) is 5.18. The summed E-state index contributed by atoms with van der Waals surface area (Å²) >= 11 is 2.71. The summed E-state index contributed by atoms with van der Waals surface area (Å²) in [6.07, 6.45) is 0. The topological polar surface area (TPSA) is 80.9 Å². The Bertz CT molecular complexity index is 835. The maximum absolute atomic E-state index is 11.8. The maximum Gasteiger partial charge on any atom is 0.235 e. The van der Waals surface area contributed by atoms with Gasteiger partial charge in [0.05, 0.1) is 0 Å². The average Bonchev–Trinajstić information content (AvgIpc) is 3.00. The number of aryl methyl sites for hydroxylation is 1. The van der Waals surface area contributed by atoms with Crippen molar-refractivity contribution in [2.45, 2.75) is 16.5 Å². The number of thioether (sulfide) groups is 1. The Kier molecular flexibility index (Phi) is 5.12. The first kappa shape index (κ1) is 16.5. The van der Waals surface area contributed by atoms with E-state index in [1.54, 1.807) is 0 Å². The molecule has 0 spiro atoms. The van der Waals surface area contributed by atoms with E-state index in [4.69, 9.17) is 5.73 Å². The van der Waals surface area contributed by atoms with Crippen LogP contribution >= 0.6 is 23.1 Å². The van der Waals surface area contributed by atoms with Crippen molar-refractivity contribution in [3.05, 3.63) is 65.7 Å². The van der Waals surface area contributed by atoms with Gasteiger partial charge in [0.2, 0.25) is 11.0 Å². The van der Waals surface area contributed by atoms with Crippen molar-refractivity contribution in [1.82, 2.24) is 10.2 Å². The number of nitrogens with two attached hydrogens (primary N) is 1. The fraction of sp³-hybridized carbons (Fsp3) is 0.118. The van der Waals surface area contributed by atoms with Crippen LogP contribution in [-0.4, -0.2) is 16.1 Å². The van der Waals surface area contributed by atoms with E-state index in [1.807, 2.05) is 61.5 Å². The molecule has 0 aliphatic rings. The zero-order chi connectivity index (χ0) is 16.9. The molecule has 0 fully saturated rings. The van der Waals surface area contributed by atoms with E-state index in [1.165, 1.54) is 23.1 Å². The molecule has 0 bridgehead atoms. The molecular weight excluding hydrogens is 340 g/mol. The number of anilines is 2. The largest absolute Gasteiger partial charge is 0.368 e. The van der Waals surface area contributed by atoms with Crippen LogP contribution in [0.1, 0.15) is 16.4 Å². The van der Waals surface area contributed by atoms with Crippen LogP contribution in [0.25, 0.3) is 0 Å². The Labute approximate surface area is 148 Å². The first-order chi connectivity index (χ1) is 11.6. The van der Waals surface area contributed by atoms with E-state index in [-0.39, 0.29) is 0 Å². The first-order valence-corrected chi connectivity index (χ1v) is 8.99. The number of hydrogen-bond acceptors (Lipinski definition) is 6. The standard InChI is InChI=1S/C17H16N4OS2/c1-11-6-5-9-13(10-11)19-16-20-21-17(24-16)23-14(15(18)22)12-7-3-2-4-8-12/h2-10,14H,1H3,(H2,18,22)(H,19,20). The van der Waals surface area contributed by atoms with E-state index >= 15 is 0 Å². The van der Waals surface area contributed by atoms with Gasteiger partial charge in [-0.3, -0.25) is 4.79 Å². The van der Waals surface area contributed by atoms with Crippen LogP contribution in [0.2, 0.25) is 0 Å². The molecule has 0 radical (unpaired) electrons.